The van der Waals surface area contributed by atoms with E-state index in [0.29, 0.717) is 18.2 Å². The molecule has 1 aliphatic heterocycles. The van der Waals surface area contributed by atoms with Crippen molar-refractivity contribution in [2.24, 2.45) is 0 Å². The minimum atomic E-state index is 0. The zero-order valence-corrected chi connectivity index (χ0v) is 12.9. The van der Waals surface area contributed by atoms with Gasteiger partial charge >= 0.3 is 0 Å². The molecule has 0 aliphatic carbocycles. The SMILES string of the molecule is CCCC1CCCCN1C(=O)Cc1ccc(N)cn1.Cl. The van der Waals surface area contributed by atoms with Crippen LogP contribution in [0.5, 0.6) is 0 Å². The van der Waals surface area contributed by atoms with Gasteiger partial charge in [-0.15, -0.1) is 12.4 Å². The van der Waals surface area contributed by atoms with Crippen molar-refractivity contribution in [2.45, 2.75) is 51.5 Å². The lowest BCUT2D eigenvalue weighted by Crippen LogP contribution is -2.44. The summed E-state index contributed by atoms with van der Waals surface area (Å²) in [6, 6.07) is 4.07. The first-order valence-corrected chi connectivity index (χ1v) is 7.20. The van der Waals surface area contributed by atoms with E-state index in [1.165, 1.54) is 6.42 Å². The van der Waals surface area contributed by atoms with Gasteiger partial charge in [0, 0.05) is 18.3 Å². The minimum Gasteiger partial charge on any atom is -0.397 e. The van der Waals surface area contributed by atoms with Crippen LogP contribution in [0.1, 0.15) is 44.7 Å². The summed E-state index contributed by atoms with van der Waals surface area (Å²) in [4.78, 5) is 18.7. The summed E-state index contributed by atoms with van der Waals surface area (Å²) >= 11 is 0. The first-order chi connectivity index (χ1) is 9.20. The monoisotopic (exact) mass is 297 g/mol. The van der Waals surface area contributed by atoms with Gasteiger partial charge in [-0.25, -0.2) is 0 Å². The van der Waals surface area contributed by atoms with Gasteiger partial charge in [-0.2, -0.15) is 0 Å². The molecule has 1 saturated heterocycles. The Bertz CT molecular complexity index is 420. The molecule has 2 heterocycles. The number of nitrogens with zero attached hydrogens (tertiary/aromatic N) is 2. The highest BCUT2D eigenvalue weighted by Gasteiger charge is 2.25. The average molecular weight is 298 g/mol. The summed E-state index contributed by atoms with van der Waals surface area (Å²) in [6.07, 6.45) is 7.77. The minimum absolute atomic E-state index is 0. The van der Waals surface area contributed by atoms with Crippen LogP contribution >= 0.6 is 12.4 Å². The van der Waals surface area contributed by atoms with Crippen LogP contribution in [0.15, 0.2) is 18.3 Å². The molecule has 0 bridgehead atoms. The van der Waals surface area contributed by atoms with Crippen molar-refractivity contribution in [3.05, 3.63) is 24.0 Å². The lowest BCUT2D eigenvalue weighted by molar-refractivity contribution is -0.134. The number of hydrogen-bond donors (Lipinski definition) is 1. The fourth-order valence-corrected chi connectivity index (χ4v) is 2.76. The van der Waals surface area contributed by atoms with Gasteiger partial charge < -0.3 is 10.6 Å². The van der Waals surface area contributed by atoms with Crippen molar-refractivity contribution in [1.82, 2.24) is 9.88 Å². The molecule has 0 saturated carbocycles. The Morgan fingerprint density at radius 3 is 2.90 bits per heavy atom. The number of aromatic nitrogens is 1. The van der Waals surface area contributed by atoms with E-state index >= 15 is 0 Å². The Morgan fingerprint density at radius 1 is 1.45 bits per heavy atom. The fourth-order valence-electron chi connectivity index (χ4n) is 2.76. The number of nitrogen functional groups attached to an aromatic ring is 1. The fraction of sp³-hybridized carbons (Fsp3) is 0.600. The van der Waals surface area contributed by atoms with Gasteiger partial charge in [-0.05, 0) is 37.8 Å². The van der Waals surface area contributed by atoms with Gasteiger partial charge in [0.15, 0.2) is 0 Å². The van der Waals surface area contributed by atoms with Crippen LogP contribution in [0.2, 0.25) is 0 Å². The number of carbonyl (C=O) groups excluding carboxylic acids is 1. The van der Waals surface area contributed by atoms with Crippen molar-refractivity contribution >= 4 is 24.0 Å². The van der Waals surface area contributed by atoms with E-state index in [4.69, 9.17) is 5.73 Å². The second kappa shape index (κ2) is 8.10. The molecule has 1 aromatic rings. The molecule has 1 atom stereocenters. The van der Waals surface area contributed by atoms with E-state index in [9.17, 15) is 4.79 Å². The number of nitrogens with two attached hydrogens (primary N) is 1. The Labute approximate surface area is 127 Å². The molecule has 1 aromatic heterocycles. The zero-order valence-electron chi connectivity index (χ0n) is 12.0. The number of likely N-dealkylation sites (tertiary alicyclic amines) is 1. The highest BCUT2D eigenvalue weighted by molar-refractivity contribution is 5.85. The summed E-state index contributed by atoms with van der Waals surface area (Å²) in [6.45, 7) is 3.08. The lowest BCUT2D eigenvalue weighted by atomic mass is 9.97. The molecule has 1 amide bonds. The average Bonchev–Trinajstić information content (AvgIpc) is 2.42. The second-order valence-corrected chi connectivity index (χ2v) is 5.29. The normalized spacial score (nSPS) is 18.4. The largest absolute Gasteiger partial charge is 0.397 e. The third-order valence-corrected chi connectivity index (χ3v) is 3.75. The van der Waals surface area contributed by atoms with Crippen molar-refractivity contribution in [2.75, 3.05) is 12.3 Å². The molecule has 1 fully saturated rings. The molecule has 20 heavy (non-hydrogen) atoms. The standard InChI is InChI=1S/C15H23N3O.ClH/c1-2-5-14-6-3-4-9-18(14)15(19)10-13-8-7-12(16)11-17-13;/h7-8,11,14H,2-6,9-10,16H2,1H3;1H. The molecular formula is C15H24ClN3O. The van der Waals surface area contributed by atoms with Crippen molar-refractivity contribution < 1.29 is 4.79 Å². The van der Waals surface area contributed by atoms with Crippen LogP contribution < -0.4 is 5.73 Å². The van der Waals surface area contributed by atoms with Crippen LogP contribution in [-0.4, -0.2) is 28.4 Å². The van der Waals surface area contributed by atoms with E-state index in [0.717, 1.165) is 37.9 Å². The predicted molar refractivity (Wildman–Crippen MR) is 83.9 cm³/mol. The number of halogens is 1. The molecule has 0 radical (unpaired) electrons. The first-order valence-electron chi connectivity index (χ1n) is 7.20. The van der Waals surface area contributed by atoms with E-state index in [-0.39, 0.29) is 18.3 Å². The molecule has 5 heteroatoms. The van der Waals surface area contributed by atoms with Gasteiger partial charge in [0.05, 0.1) is 18.3 Å². The summed E-state index contributed by atoms with van der Waals surface area (Å²) < 4.78 is 0. The van der Waals surface area contributed by atoms with Crippen LogP contribution in [0.25, 0.3) is 0 Å². The molecule has 1 aliphatic rings. The second-order valence-electron chi connectivity index (χ2n) is 5.29. The van der Waals surface area contributed by atoms with Crippen LogP contribution in [0.4, 0.5) is 5.69 Å². The van der Waals surface area contributed by atoms with Crippen LogP contribution in [-0.2, 0) is 11.2 Å². The zero-order chi connectivity index (χ0) is 13.7. The van der Waals surface area contributed by atoms with Crippen LogP contribution in [0, 0.1) is 0 Å². The van der Waals surface area contributed by atoms with E-state index in [1.54, 1.807) is 12.3 Å². The highest BCUT2D eigenvalue weighted by atomic mass is 35.5. The summed E-state index contributed by atoms with van der Waals surface area (Å²) in [5.41, 5.74) is 7.05. The van der Waals surface area contributed by atoms with E-state index in [2.05, 4.69) is 16.8 Å². The highest BCUT2D eigenvalue weighted by Crippen LogP contribution is 2.21. The molecule has 112 valence electrons. The maximum atomic E-state index is 12.4. The van der Waals surface area contributed by atoms with Gasteiger partial charge in [-0.1, -0.05) is 13.3 Å². The topological polar surface area (TPSA) is 59.2 Å². The number of amides is 1. The number of hydrogen-bond acceptors (Lipinski definition) is 3. The Hall–Kier alpha value is -1.29. The maximum absolute atomic E-state index is 12.4. The molecule has 0 spiro atoms. The predicted octanol–water partition coefficient (Wildman–Crippen LogP) is 2.81. The number of piperidine rings is 1. The van der Waals surface area contributed by atoms with Crippen molar-refractivity contribution in [3.63, 3.8) is 0 Å². The van der Waals surface area contributed by atoms with Gasteiger partial charge in [-0.3, -0.25) is 9.78 Å². The Balaban J connectivity index is 0.00000200. The summed E-state index contributed by atoms with van der Waals surface area (Å²) in [5, 5.41) is 0. The molecular weight excluding hydrogens is 274 g/mol. The van der Waals surface area contributed by atoms with Crippen molar-refractivity contribution in [3.8, 4) is 0 Å². The van der Waals surface area contributed by atoms with Crippen LogP contribution in [0.3, 0.4) is 0 Å². The molecule has 2 N–H and O–H groups in total. The molecule has 4 nitrogen and oxygen atoms in total. The third kappa shape index (κ3) is 4.37. The summed E-state index contributed by atoms with van der Waals surface area (Å²) in [7, 11) is 0. The number of anilines is 1. The Morgan fingerprint density at radius 2 is 2.25 bits per heavy atom. The van der Waals surface area contributed by atoms with Gasteiger partial charge in [0.2, 0.25) is 5.91 Å². The van der Waals surface area contributed by atoms with Crippen molar-refractivity contribution in [1.29, 1.82) is 0 Å². The van der Waals surface area contributed by atoms with E-state index in [1.807, 2.05) is 6.07 Å². The number of rotatable bonds is 4. The first kappa shape index (κ1) is 16.8. The Kier molecular flexibility index (Phi) is 6.79. The smallest absolute Gasteiger partial charge is 0.228 e. The summed E-state index contributed by atoms with van der Waals surface area (Å²) in [5.74, 6) is 0.204. The molecule has 1 unspecified atom stereocenters. The number of pyridine rings is 1. The lowest BCUT2D eigenvalue weighted by Gasteiger charge is -2.35. The van der Waals surface area contributed by atoms with Gasteiger partial charge in [0.25, 0.3) is 0 Å². The van der Waals surface area contributed by atoms with Gasteiger partial charge in [0.1, 0.15) is 0 Å². The molecule has 0 aromatic carbocycles. The number of carbonyl (C=O) groups is 1. The molecule has 2 rings (SSSR count). The quantitative estimate of drug-likeness (QED) is 0.929. The maximum Gasteiger partial charge on any atom is 0.228 e. The van der Waals surface area contributed by atoms with E-state index < -0.39 is 0 Å². The third-order valence-electron chi connectivity index (χ3n) is 3.75.